The number of carboxylic acids is 1. The number of hydrogen-bond acceptors (Lipinski definition) is 5. The van der Waals surface area contributed by atoms with Crippen molar-refractivity contribution >= 4 is 11.5 Å². The van der Waals surface area contributed by atoms with Gasteiger partial charge in [0.1, 0.15) is 17.0 Å². The molecule has 0 radical (unpaired) electrons. The molecule has 0 spiro atoms. The van der Waals surface area contributed by atoms with Gasteiger partial charge in [0, 0.05) is 47.7 Å². The summed E-state index contributed by atoms with van der Waals surface area (Å²) in [5, 5.41) is 7.12. The normalized spacial score (nSPS) is 10.9. The Morgan fingerprint density at radius 3 is 2.44 bits per heavy atom. The molecule has 0 unspecified atom stereocenters. The summed E-state index contributed by atoms with van der Waals surface area (Å²) in [4.78, 5) is 17.6. The first-order chi connectivity index (χ1) is 15.2. The van der Waals surface area contributed by atoms with Crippen molar-refractivity contribution in [3.63, 3.8) is 0 Å². The van der Waals surface area contributed by atoms with Crippen LogP contribution in [-0.4, -0.2) is 38.7 Å². The highest BCUT2D eigenvalue weighted by molar-refractivity contribution is 5.73. The number of carboxylic acid groups (broad SMARTS) is 1. The third kappa shape index (κ3) is 5.15. The van der Waals surface area contributed by atoms with Gasteiger partial charge in [-0.2, -0.15) is 13.2 Å². The number of aliphatic carboxylic acids is 1. The highest BCUT2D eigenvalue weighted by Gasteiger charge is 2.38. The van der Waals surface area contributed by atoms with Gasteiger partial charge >= 0.3 is 12.1 Å². The Bertz CT molecular complexity index is 1240. The van der Waals surface area contributed by atoms with E-state index in [1.807, 2.05) is 66.2 Å². The lowest BCUT2D eigenvalue weighted by atomic mass is 10.0. The minimum absolute atomic E-state index is 0.555. The third-order valence-corrected chi connectivity index (χ3v) is 4.34. The summed E-state index contributed by atoms with van der Waals surface area (Å²) in [7, 11) is 1.65. The zero-order valence-electron chi connectivity index (χ0n) is 17.0. The Balaban J connectivity index is 0.000000360. The van der Waals surface area contributed by atoms with E-state index in [2.05, 4.69) is 9.97 Å². The first-order valence-electron chi connectivity index (χ1n) is 9.20. The fourth-order valence-electron chi connectivity index (χ4n) is 2.86. The largest absolute Gasteiger partial charge is 0.496 e. The summed E-state index contributed by atoms with van der Waals surface area (Å²) in [6, 6.07) is 13.6. The number of nitrogens with zero attached hydrogens (tertiary/aromatic N) is 3. The summed E-state index contributed by atoms with van der Waals surface area (Å²) in [6.07, 6.45) is 2.26. The summed E-state index contributed by atoms with van der Waals surface area (Å²) in [5.74, 6) is -0.799. The molecule has 4 rings (SSSR count). The van der Waals surface area contributed by atoms with Crippen LogP contribution in [-0.2, 0) is 4.79 Å². The van der Waals surface area contributed by atoms with Crippen molar-refractivity contribution < 1.29 is 32.5 Å². The van der Waals surface area contributed by atoms with Crippen molar-refractivity contribution in [2.45, 2.75) is 13.1 Å². The number of hydrogen-bond donors (Lipinski definition) is 1. The summed E-state index contributed by atoms with van der Waals surface area (Å²) < 4.78 is 45.3. The molecular formula is C22H18F3N3O4. The Hall–Kier alpha value is -4.08. The van der Waals surface area contributed by atoms with Crippen LogP contribution in [0, 0.1) is 6.92 Å². The molecule has 166 valence electrons. The molecule has 0 aliphatic rings. The van der Waals surface area contributed by atoms with E-state index in [0.29, 0.717) is 11.6 Å². The van der Waals surface area contributed by atoms with Gasteiger partial charge in [-0.1, -0.05) is 6.07 Å². The number of aromatic nitrogens is 3. The van der Waals surface area contributed by atoms with Crippen LogP contribution < -0.4 is 9.47 Å². The van der Waals surface area contributed by atoms with Crippen LogP contribution in [0.4, 0.5) is 13.2 Å². The molecule has 0 atom stereocenters. The molecule has 7 nitrogen and oxygen atoms in total. The zero-order chi connectivity index (χ0) is 23.3. The molecule has 32 heavy (non-hydrogen) atoms. The van der Waals surface area contributed by atoms with Crippen molar-refractivity contribution in [1.29, 1.82) is 0 Å². The second-order valence-corrected chi connectivity index (χ2v) is 6.44. The molecule has 3 aromatic heterocycles. The van der Waals surface area contributed by atoms with Crippen molar-refractivity contribution in [1.82, 2.24) is 14.4 Å². The summed E-state index contributed by atoms with van der Waals surface area (Å²) >= 11 is 0. The van der Waals surface area contributed by atoms with Crippen LogP contribution in [0.15, 0.2) is 67.3 Å². The fourth-order valence-corrected chi connectivity index (χ4v) is 2.86. The lowest BCUT2D eigenvalue weighted by Crippen LogP contribution is -2.21. The van der Waals surface area contributed by atoms with E-state index in [-0.39, 0.29) is 0 Å². The van der Waals surface area contributed by atoms with Gasteiger partial charge in [0.25, 0.3) is 0 Å². The molecule has 3 heterocycles. The quantitative estimate of drug-likeness (QED) is 0.468. The maximum atomic E-state index is 10.6. The molecule has 0 bridgehead atoms. The van der Waals surface area contributed by atoms with E-state index < -0.39 is 12.1 Å². The van der Waals surface area contributed by atoms with E-state index in [1.54, 1.807) is 19.5 Å². The molecule has 0 aliphatic heterocycles. The monoisotopic (exact) mass is 445 g/mol. The average molecular weight is 445 g/mol. The maximum absolute atomic E-state index is 10.6. The van der Waals surface area contributed by atoms with Crippen molar-refractivity contribution in [2.24, 2.45) is 0 Å². The van der Waals surface area contributed by atoms with E-state index >= 15 is 0 Å². The van der Waals surface area contributed by atoms with Gasteiger partial charge in [0.05, 0.1) is 7.11 Å². The minimum Gasteiger partial charge on any atom is -0.496 e. The smallest absolute Gasteiger partial charge is 0.490 e. The van der Waals surface area contributed by atoms with Crippen LogP contribution >= 0.6 is 0 Å². The maximum Gasteiger partial charge on any atom is 0.490 e. The van der Waals surface area contributed by atoms with E-state index in [4.69, 9.17) is 19.4 Å². The second-order valence-electron chi connectivity index (χ2n) is 6.44. The van der Waals surface area contributed by atoms with Crippen molar-refractivity contribution in [3.8, 4) is 28.5 Å². The zero-order valence-corrected chi connectivity index (χ0v) is 17.0. The van der Waals surface area contributed by atoms with Gasteiger partial charge in [-0.05, 0) is 37.3 Å². The molecular weight excluding hydrogens is 427 g/mol. The Labute approximate surface area is 180 Å². The average Bonchev–Trinajstić information content (AvgIpc) is 3.24. The van der Waals surface area contributed by atoms with Gasteiger partial charge < -0.3 is 19.0 Å². The van der Waals surface area contributed by atoms with Crippen molar-refractivity contribution in [2.75, 3.05) is 7.11 Å². The second kappa shape index (κ2) is 9.38. The topological polar surface area (TPSA) is 86.0 Å². The van der Waals surface area contributed by atoms with Gasteiger partial charge in [-0.25, -0.2) is 9.78 Å². The molecule has 1 aromatic carbocycles. The summed E-state index contributed by atoms with van der Waals surface area (Å²) in [6.45, 7) is 1.98. The molecule has 0 aliphatic carbocycles. The van der Waals surface area contributed by atoms with Gasteiger partial charge in [-0.15, -0.1) is 0 Å². The highest BCUT2D eigenvalue weighted by Crippen LogP contribution is 2.36. The first-order valence-corrected chi connectivity index (χ1v) is 9.20. The van der Waals surface area contributed by atoms with Gasteiger partial charge in [0.15, 0.2) is 0 Å². The Kier molecular flexibility index (Phi) is 6.62. The number of methoxy groups -OCH3 is 1. The Morgan fingerprint density at radius 1 is 1.03 bits per heavy atom. The number of carbonyl (C=O) groups is 1. The Morgan fingerprint density at radius 2 is 1.78 bits per heavy atom. The summed E-state index contributed by atoms with van der Waals surface area (Å²) in [5.41, 5.74) is 3.88. The van der Waals surface area contributed by atoms with Crippen LogP contribution in [0.3, 0.4) is 0 Å². The molecule has 1 N–H and O–H groups in total. The number of fused-ring (bicyclic) bond motifs is 1. The molecule has 10 heteroatoms. The standard InChI is InChI=1S/C20H17N3O2.C2HF3O2/c1-14-16(5-3-9-21-14)17-8-7-15(13-19(17)24-2)25-20-18-6-4-11-23(18)12-10-22-20;3-2(4,5)1(6)7/h3-13H,1-2H3;(H,6,7). The molecule has 4 aromatic rings. The van der Waals surface area contributed by atoms with Crippen LogP contribution in [0.2, 0.25) is 0 Å². The molecule has 0 amide bonds. The number of rotatable bonds is 4. The van der Waals surface area contributed by atoms with Crippen LogP contribution in [0.5, 0.6) is 17.4 Å². The van der Waals surface area contributed by atoms with E-state index in [0.717, 1.165) is 28.1 Å². The third-order valence-electron chi connectivity index (χ3n) is 4.34. The lowest BCUT2D eigenvalue weighted by Gasteiger charge is -2.13. The molecule has 0 saturated heterocycles. The van der Waals surface area contributed by atoms with Crippen molar-refractivity contribution in [3.05, 3.63) is 72.9 Å². The minimum atomic E-state index is -5.08. The number of aryl methyl sites for hydroxylation is 1. The SMILES string of the molecule is COc1cc(Oc2nccn3cccc23)ccc1-c1cccnc1C.O=C(O)C(F)(F)F. The van der Waals surface area contributed by atoms with E-state index in [9.17, 15) is 13.2 Å². The molecule has 0 saturated carbocycles. The number of pyridine rings is 1. The van der Waals surface area contributed by atoms with Crippen LogP contribution in [0.1, 0.15) is 5.69 Å². The highest BCUT2D eigenvalue weighted by atomic mass is 19.4. The van der Waals surface area contributed by atoms with Crippen LogP contribution in [0.25, 0.3) is 16.6 Å². The lowest BCUT2D eigenvalue weighted by molar-refractivity contribution is -0.192. The first kappa shape index (κ1) is 22.6. The van der Waals surface area contributed by atoms with E-state index in [1.165, 1.54) is 0 Å². The fraction of sp³-hybridized carbons (Fsp3) is 0.136. The molecule has 0 fully saturated rings. The number of ether oxygens (including phenoxy) is 2. The predicted octanol–water partition coefficient (Wildman–Crippen LogP) is 5.14. The number of benzene rings is 1. The van der Waals surface area contributed by atoms with Gasteiger partial charge in [-0.3, -0.25) is 4.98 Å². The predicted molar refractivity (Wildman–Crippen MR) is 110 cm³/mol. The van der Waals surface area contributed by atoms with Gasteiger partial charge in [0.2, 0.25) is 5.88 Å². The number of halogens is 3. The number of alkyl halides is 3.